The van der Waals surface area contributed by atoms with Gasteiger partial charge in [0.15, 0.2) is 5.82 Å². The van der Waals surface area contributed by atoms with Crippen molar-refractivity contribution in [2.24, 2.45) is 5.10 Å². The Balaban J connectivity index is 2.31. The molecule has 0 amide bonds. The van der Waals surface area contributed by atoms with Gasteiger partial charge in [-0.25, -0.2) is 4.98 Å². The Labute approximate surface area is 167 Å². The molecule has 6 nitrogen and oxygen atoms in total. The van der Waals surface area contributed by atoms with Gasteiger partial charge >= 0.3 is 0 Å². The first kappa shape index (κ1) is 18.9. The van der Waals surface area contributed by atoms with Gasteiger partial charge in [-0.2, -0.15) is 10.4 Å². The molecule has 8 heteroatoms. The number of nitrogens with zero attached hydrogens (tertiary/aromatic N) is 3. The number of nitrogens with one attached hydrogen (secondary N) is 1. The average Bonchev–Trinajstić information content (AvgIpc) is 2.52. The van der Waals surface area contributed by atoms with Crippen molar-refractivity contribution in [2.45, 2.75) is 13.5 Å². The van der Waals surface area contributed by atoms with Gasteiger partial charge in [0.1, 0.15) is 17.4 Å². The van der Waals surface area contributed by atoms with E-state index >= 15 is 0 Å². The normalized spacial score (nSPS) is 10.8. The Morgan fingerprint density at radius 1 is 1.42 bits per heavy atom. The van der Waals surface area contributed by atoms with Crippen LogP contribution in [0.15, 0.2) is 23.3 Å². The van der Waals surface area contributed by atoms with Crippen LogP contribution in [0.4, 0.5) is 5.82 Å². The molecule has 0 aliphatic carbocycles. The smallest absolute Gasteiger partial charge is 0.164 e. The SMILES string of the molecule is COCc1cc(C)nc(N/N=C/c2cc(I)cc(I)c2O)c1C#N. The first-order valence-electron chi connectivity index (χ1n) is 6.83. The summed E-state index contributed by atoms with van der Waals surface area (Å²) in [7, 11) is 1.57. The molecular formula is C16H14I2N4O2. The van der Waals surface area contributed by atoms with E-state index in [0.29, 0.717) is 23.6 Å². The molecule has 2 rings (SSSR count). The summed E-state index contributed by atoms with van der Waals surface area (Å²) in [5.41, 5.74) is 5.26. The molecular weight excluding hydrogens is 534 g/mol. The topological polar surface area (TPSA) is 90.5 Å². The number of benzene rings is 1. The van der Waals surface area contributed by atoms with Crippen LogP contribution in [-0.4, -0.2) is 23.4 Å². The van der Waals surface area contributed by atoms with E-state index in [1.165, 1.54) is 6.21 Å². The van der Waals surface area contributed by atoms with Crippen LogP contribution in [0, 0.1) is 25.4 Å². The lowest BCUT2D eigenvalue weighted by molar-refractivity contribution is 0.184. The molecule has 0 aliphatic rings. The third-order valence-electron chi connectivity index (χ3n) is 3.07. The van der Waals surface area contributed by atoms with Gasteiger partial charge < -0.3 is 9.84 Å². The lowest BCUT2D eigenvalue weighted by Gasteiger charge is -2.09. The van der Waals surface area contributed by atoms with Crippen LogP contribution in [0.5, 0.6) is 5.75 Å². The summed E-state index contributed by atoms with van der Waals surface area (Å²) in [4.78, 5) is 4.31. The Morgan fingerprint density at radius 2 is 2.17 bits per heavy atom. The van der Waals surface area contributed by atoms with Gasteiger partial charge in [-0.1, -0.05) is 0 Å². The van der Waals surface area contributed by atoms with Gasteiger partial charge in [-0.3, -0.25) is 5.43 Å². The minimum Gasteiger partial charge on any atom is -0.506 e. The minimum absolute atomic E-state index is 0.166. The highest BCUT2D eigenvalue weighted by Crippen LogP contribution is 2.26. The summed E-state index contributed by atoms with van der Waals surface area (Å²) >= 11 is 4.23. The van der Waals surface area contributed by atoms with E-state index in [4.69, 9.17) is 4.74 Å². The molecule has 0 atom stereocenters. The number of hydrazone groups is 1. The predicted octanol–water partition coefficient (Wildman–Crippen LogP) is 3.77. The highest BCUT2D eigenvalue weighted by atomic mass is 127. The standard InChI is InChI=1S/C16H14I2N4O2/c1-9-3-11(8-24-2)13(6-19)16(21-9)22-20-7-10-4-12(17)5-14(18)15(10)23/h3-5,7,23H,8H2,1-2H3,(H,21,22)/b20-7+. The summed E-state index contributed by atoms with van der Waals surface area (Å²) in [6.45, 7) is 2.16. The number of pyridine rings is 1. The molecule has 1 heterocycles. The molecule has 0 bridgehead atoms. The van der Waals surface area contributed by atoms with Crippen molar-refractivity contribution in [3.63, 3.8) is 0 Å². The number of methoxy groups -OCH3 is 1. The number of aromatic nitrogens is 1. The lowest BCUT2D eigenvalue weighted by atomic mass is 10.1. The summed E-state index contributed by atoms with van der Waals surface area (Å²) < 4.78 is 6.85. The molecule has 124 valence electrons. The molecule has 1 aromatic carbocycles. The van der Waals surface area contributed by atoms with Crippen molar-refractivity contribution < 1.29 is 9.84 Å². The monoisotopic (exact) mass is 548 g/mol. The molecule has 0 aliphatic heterocycles. The van der Waals surface area contributed by atoms with Gasteiger partial charge in [0.05, 0.1) is 16.4 Å². The number of hydrogen-bond acceptors (Lipinski definition) is 6. The second-order valence-electron chi connectivity index (χ2n) is 4.89. The van der Waals surface area contributed by atoms with Gasteiger partial charge in [-0.05, 0) is 70.3 Å². The van der Waals surface area contributed by atoms with Crippen LogP contribution in [-0.2, 0) is 11.3 Å². The molecule has 0 unspecified atom stereocenters. The van der Waals surface area contributed by atoms with E-state index < -0.39 is 0 Å². The van der Waals surface area contributed by atoms with Gasteiger partial charge in [0, 0.05) is 27.5 Å². The van der Waals surface area contributed by atoms with Crippen LogP contribution >= 0.6 is 45.2 Å². The van der Waals surface area contributed by atoms with Crippen LogP contribution < -0.4 is 5.43 Å². The zero-order valence-corrected chi connectivity index (χ0v) is 17.3. The Bertz CT molecular complexity index is 832. The zero-order valence-electron chi connectivity index (χ0n) is 13.0. The first-order valence-corrected chi connectivity index (χ1v) is 8.98. The van der Waals surface area contributed by atoms with E-state index in [9.17, 15) is 10.4 Å². The van der Waals surface area contributed by atoms with E-state index in [0.717, 1.165) is 18.4 Å². The number of nitriles is 1. The number of halogens is 2. The number of rotatable bonds is 5. The van der Waals surface area contributed by atoms with Crippen molar-refractivity contribution in [3.05, 3.63) is 47.7 Å². The third kappa shape index (κ3) is 4.55. The largest absolute Gasteiger partial charge is 0.506 e. The van der Waals surface area contributed by atoms with Crippen molar-refractivity contribution in [1.82, 2.24) is 4.98 Å². The first-order chi connectivity index (χ1) is 11.5. The summed E-state index contributed by atoms with van der Waals surface area (Å²) in [5, 5.41) is 23.5. The van der Waals surface area contributed by atoms with Crippen molar-refractivity contribution in [1.29, 1.82) is 5.26 Å². The Morgan fingerprint density at radius 3 is 2.83 bits per heavy atom. The molecule has 0 saturated heterocycles. The molecule has 0 fully saturated rings. The van der Waals surface area contributed by atoms with Crippen molar-refractivity contribution in [3.8, 4) is 11.8 Å². The summed E-state index contributed by atoms with van der Waals surface area (Å²) in [5.74, 6) is 0.528. The Hall–Kier alpha value is -1.45. The second-order valence-corrected chi connectivity index (χ2v) is 7.29. The van der Waals surface area contributed by atoms with Crippen LogP contribution in [0.3, 0.4) is 0 Å². The number of anilines is 1. The predicted molar refractivity (Wildman–Crippen MR) is 109 cm³/mol. The van der Waals surface area contributed by atoms with E-state index in [-0.39, 0.29) is 5.75 Å². The number of ether oxygens (including phenoxy) is 1. The van der Waals surface area contributed by atoms with Gasteiger partial charge in [0.25, 0.3) is 0 Å². The minimum atomic E-state index is 0.166. The lowest BCUT2D eigenvalue weighted by Crippen LogP contribution is -2.03. The number of phenolic OH excluding ortho intramolecular Hbond substituents is 1. The van der Waals surface area contributed by atoms with E-state index in [2.05, 4.69) is 66.8 Å². The molecule has 0 spiro atoms. The van der Waals surface area contributed by atoms with Gasteiger partial charge in [0.2, 0.25) is 0 Å². The quantitative estimate of drug-likeness (QED) is 0.338. The van der Waals surface area contributed by atoms with Crippen LogP contribution in [0.25, 0.3) is 0 Å². The van der Waals surface area contributed by atoms with Crippen LogP contribution in [0.2, 0.25) is 0 Å². The summed E-state index contributed by atoms with van der Waals surface area (Å²) in [6, 6.07) is 7.62. The van der Waals surface area contributed by atoms with Crippen molar-refractivity contribution in [2.75, 3.05) is 12.5 Å². The molecule has 0 saturated carbocycles. The number of phenols is 1. The van der Waals surface area contributed by atoms with Crippen molar-refractivity contribution >= 4 is 57.2 Å². The molecule has 1 aromatic heterocycles. The maximum Gasteiger partial charge on any atom is 0.164 e. The Kier molecular flexibility index (Phi) is 6.76. The number of aryl methyl sites for hydroxylation is 1. The molecule has 2 N–H and O–H groups in total. The molecule has 24 heavy (non-hydrogen) atoms. The fraction of sp³-hybridized carbons (Fsp3) is 0.188. The fourth-order valence-electron chi connectivity index (χ4n) is 2.06. The molecule has 0 radical (unpaired) electrons. The third-order valence-corrected chi connectivity index (χ3v) is 4.52. The number of aromatic hydroxyl groups is 1. The molecule has 2 aromatic rings. The van der Waals surface area contributed by atoms with E-state index in [1.54, 1.807) is 7.11 Å². The summed E-state index contributed by atoms with van der Waals surface area (Å²) in [6.07, 6.45) is 1.50. The van der Waals surface area contributed by atoms with Crippen LogP contribution in [0.1, 0.15) is 22.4 Å². The highest BCUT2D eigenvalue weighted by molar-refractivity contribution is 14.1. The van der Waals surface area contributed by atoms with Gasteiger partial charge in [-0.15, -0.1) is 0 Å². The fourth-order valence-corrected chi connectivity index (χ4v) is 3.95. The average molecular weight is 548 g/mol. The van der Waals surface area contributed by atoms with E-state index in [1.807, 2.05) is 25.1 Å². The highest BCUT2D eigenvalue weighted by Gasteiger charge is 2.11. The maximum atomic E-state index is 10.1. The zero-order chi connectivity index (χ0) is 17.7. The maximum absolute atomic E-state index is 10.1. The number of hydrogen-bond donors (Lipinski definition) is 2. The second kappa shape index (κ2) is 8.59.